The first kappa shape index (κ1) is 21.5. The van der Waals surface area contributed by atoms with E-state index in [1.165, 1.54) is 5.56 Å². The zero-order valence-corrected chi connectivity index (χ0v) is 16.1. The van der Waals surface area contributed by atoms with Crippen LogP contribution in [0.4, 0.5) is 5.69 Å². The molecule has 0 radical (unpaired) electrons. The molecule has 25 heavy (non-hydrogen) atoms. The molecular weight excluding hydrogens is 338 g/mol. The molecule has 2 amide bonds. The van der Waals surface area contributed by atoms with E-state index in [-0.39, 0.29) is 42.6 Å². The molecule has 0 spiro atoms. The Morgan fingerprint density at radius 3 is 2.68 bits per heavy atom. The van der Waals surface area contributed by atoms with E-state index in [1.807, 2.05) is 25.1 Å². The normalized spacial score (nSPS) is 19.3. The molecule has 0 aliphatic carbocycles. The number of nitrogens with two attached hydrogens (primary N) is 1. The Balaban J connectivity index is 0.00000312. The summed E-state index contributed by atoms with van der Waals surface area (Å²) >= 11 is 0. The Labute approximate surface area is 156 Å². The summed E-state index contributed by atoms with van der Waals surface area (Å²) in [6.45, 7) is 7.24. The van der Waals surface area contributed by atoms with Crippen LogP contribution < -0.4 is 16.0 Å². The number of benzene rings is 1. The summed E-state index contributed by atoms with van der Waals surface area (Å²) in [7, 11) is 0. The fraction of sp³-hybridized carbons (Fsp3) is 0.579. The third-order valence-electron chi connectivity index (χ3n) is 4.77. The van der Waals surface area contributed by atoms with Gasteiger partial charge in [-0.1, -0.05) is 32.0 Å². The molecule has 1 aliphatic rings. The van der Waals surface area contributed by atoms with Crippen LogP contribution in [-0.2, 0) is 9.59 Å². The number of hydrogen-bond donors (Lipinski definition) is 2. The van der Waals surface area contributed by atoms with E-state index in [1.54, 1.807) is 4.90 Å². The van der Waals surface area contributed by atoms with Crippen LogP contribution in [0.2, 0.25) is 0 Å². The minimum absolute atomic E-state index is 0. The van der Waals surface area contributed by atoms with Crippen LogP contribution in [-0.4, -0.2) is 30.9 Å². The number of nitrogens with zero attached hydrogens (tertiary/aromatic N) is 1. The molecule has 1 fully saturated rings. The second-order valence-corrected chi connectivity index (χ2v) is 6.83. The van der Waals surface area contributed by atoms with Crippen LogP contribution in [0.5, 0.6) is 0 Å². The van der Waals surface area contributed by atoms with Crippen molar-refractivity contribution in [3.05, 3.63) is 29.8 Å². The van der Waals surface area contributed by atoms with Gasteiger partial charge in [0, 0.05) is 31.2 Å². The van der Waals surface area contributed by atoms with Crippen molar-refractivity contribution in [1.82, 2.24) is 5.32 Å². The highest BCUT2D eigenvalue weighted by Gasteiger charge is 2.36. The summed E-state index contributed by atoms with van der Waals surface area (Å²) in [5, 5.41) is 2.90. The lowest BCUT2D eigenvalue weighted by Gasteiger charge is -2.23. The SMILES string of the molecule is CCC(C)c1ccccc1N1CC(C(=O)NCCC(C)N)CC1=O.Cl. The molecule has 1 aliphatic heterocycles. The van der Waals surface area contributed by atoms with Crippen molar-refractivity contribution in [2.45, 2.75) is 52.0 Å². The van der Waals surface area contributed by atoms with Crippen molar-refractivity contribution >= 4 is 29.9 Å². The summed E-state index contributed by atoms with van der Waals surface area (Å²) in [4.78, 5) is 26.5. The number of carbonyl (C=O) groups excluding carboxylic acids is 2. The Morgan fingerprint density at radius 1 is 1.36 bits per heavy atom. The summed E-state index contributed by atoms with van der Waals surface area (Å²) in [6, 6.07) is 8.08. The van der Waals surface area contributed by atoms with Gasteiger partial charge in [-0.3, -0.25) is 9.59 Å². The second kappa shape index (κ2) is 9.78. The molecule has 140 valence electrons. The van der Waals surface area contributed by atoms with Gasteiger partial charge in [0.1, 0.15) is 0 Å². The maximum absolute atomic E-state index is 12.5. The van der Waals surface area contributed by atoms with Crippen molar-refractivity contribution in [3.8, 4) is 0 Å². The molecule has 1 heterocycles. The van der Waals surface area contributed by atoms with E-state index in [0.29, 0.717) is 19.0 Å². The van der Waals surface area contributed by atoms with Crippen LogP contribution in [0.25, 0.3) is 0 Å². The fourth-order valence-electron chi connectivity index (χ4n) is 3.05. The van der Waals surface area contributed by atoms with Crippen LogP contribution in [0.1, 0.15) is 51.5 Å². The first-order chi connectivity index (χ1) is 11.4. The third kappa shape index (κ3) is 5.44. The Bertz CT molecular complexity index is 592. The number of para-hydroxylation sites is 1. The monoisotopic (exact) mass is 367 g/mol. The lowest BCUT2D eigenvalue weighted by molar-refractivity contribution is -0.126. The molecule has 0 saturated carbocycles. The number of carbonyl (C=O) groups is 2. The van der Waals surface area contributed by atoms with E-state index in [9.17, 15) is 9.59 Å². The quantitative estimate of drug-likeness (QED) is 0.778. The van der Waals surface area contributed by atoms with Gasteiger partial charge in [-0.15, -0.1) is 12.4 Å². The van der Waals surface area contributed by atoms with Crippen LogP contribution in [0.15, 0.2) is 24.3 Å². The molecule has 5 nitrogen and oxygen atoms in total. The molecule has 2 rings (SSSR count). The molecule has 1 saturated heterocycles. The molecule has 3 unspecified atom stereocenters. The zero-order chi connectivity index (χ0) is 17.7. The van der Waals surface area contributed by atoms with Gasteiger partial charge in [-0.05, 0) is 37.3 Å². The predicted molar refractivity (Wildman–Crippen MR) is 104 cm³/mol. The molecule has 3 atom stereocenters. The fourth-order valence-corrected chi connectivity index (χ4v) is 3.05. The maximum Gasteiger partial charge on any atom is 0.227 e. The minimum Gasteiger partial charge on any atom is -0.356 e. The first-order valence-electron chi connectivity index (χ1n) is 8.86. The number of hydrogen-bond acceptors (Lipinski definition) is 3. The summed E-state index contributed by atoms with van der Waals surface area (Å²) in [5.41, 5.74) is 7.82. The minimum atomic E-state index is -0.282. The van der Waals surface area contributed by atoms with Gasteiger partial charge in [0.15, 0.2) is 0 Å². The van der Waals surface area contributed by atoms with Gasteiger partial charge in [0.05, 0.1) is 5.92 Å². The van der Waals surface area contributed by atoms with Crippen LogP contribution >= 0.6 is 12.4 Å². The maximum atomic E-state index is 12.5. The van der Waals surface area contributed by atoms with Crippen LogP contribution in [0.3, 0.4) is 0 Å². The third-order valence-corrected chi connectivity index (χ3v) is 4.77. The zero-order valence-electron chi connectivity index (χ0n) is 15.3. The van der Waals surface area contributed by atoms with E-state index in [2.05, 4.69) is 25.2 Å². The number of halogens is 1. The van der Waals surface area contributed by atoms with E-state index in [0.717, 1.165) is 18.5 Å². The highest BCUT2D eigenvalue weighted by atomic mass is 35.5. The molecule has 3 N–H and O–H groups in total. The van der Waals surface area contributed by atoms with Crippen molar-refractivity contribution in [3.63, 3.8) is 0 Å². The summed E-state index contributed by atoms with van der Waals surface area (Å²) < 4.78 is 0. The van der Waals surface area contributed by atoms with Crippen molar-refractivity contribution in [2.75, 3.05) is 18.0 Å². The second-order valence-electron chi connectivity index (χ2n) is 6.83. The van der Waals surface area contributed by atoms with Gasteiger partial charge in [0.2, 0.25) is 11.8 Å². The average molecular weight is 368 g/mol. The van der Waals surface area contributed by atoms with Gasteiger partial charge < -0.3 is 16.0 Å². The van der Waals surface area contributed by atoms with E-state index < -0.39 is 0 Å². The van der Waals surface area contributed by atoms with Crippen molar-refractivity contribution in [2.24, 2.45) is 11.7 Å². The molecule has 0 bridgehead atoms. The molecule has 0 aromatic heterocycles. The van der Waals surface area contributed by atoms with Gasteiger partial charge in [-0.25, -0.2) is 0 Å². The number of rotatable bonds is 7. The summed E-state index contributed by atoms with van der Waals surface area (Å²) in [6.07, 6.45) is 2.03. The Hall–Kier alpha value is -1.59. The van der Waals surface area contributed by atoms with E-state index >= 15 is 0 Å². The lowest BCUT2D eigenvalue weighted by atomic mass is 9.96. The molecule has 6 heteroatoms. The predicted octanol–water partition coefficient (Wildman–Crippen LogP) is 2.83. The number of anilines is 1. The van der Waals surface area contributed by atoms with Gasteiger partial charge >= 0.3 is 0 Å². The molecule has 1 aromatic carbocycles. The highest BCUT2D eigenvalue weighted by molar-refractivity contribution is 6.00. The van der Waals surface area contributed by atoms with E-state index in [4.69, 9.17) is 5.73 Å². The van der Waals surface area contributed by atoms with Crippen molar-refractivity contribution in [1.29, 1.82) is 0 Å². The largest absolute Gasteiger partial charge is 0.356 e. The van der Waals surface area contributed by atoms with Gasteiger partial charge in [-0.2, -0.15) is 0 Å². The number of nitrogens with one attached hydrogen (secondary N) is 1. The van der Waals surface area contributed by atoms with Crippen LogP contribution in [0, 0.1) is 5.92 Å². The topological polar surface area (TPSA) is 75.4 Å². The van der Waals surface area contributed by atoms with Crippen molar-refractivity contribution < 1.29 is 9.59 Å². The first-order valence-corrected chi connectivity index (χ1v) is 8.86. The highest BCUT2D eigenvalue weighted by Crippen LogP contribution is 2.33. The Kier molecular flexibility index (Phi) is 8.39. The lowest BCUT2D eigenvalue weighted by Crippen LogP contribution is -2.35. The summed E-state index contributed by atoms with van der Waals surface area (Å²) in [5.74, 6) is 0.0779. The standard InChI is InChI=1S/C19H29N3O2.ClH/c1-4-13(2)16-7-5-6-8-17(16)22-12-15(11-18(22)23)19(24)21-10-9-14(3)20;/h5-8,13-15H,4,9-12,20H2,1-3H3,(H,21,24);1H. The number of amides is 2. The average Bonchev–Trinajstić information content (AvgIpc) is 2.95. The van der Waals surface area contributed by atoms with Gasteiger partial charge in [0.25, 0.3) is 0 Å². The molecule has 1 aromatic rings. The molecular formula is C19H30ClN3O2. The smallest absolute Gasteiger partial charge is 0.227 e. The Morgan fingerprint density at radius 2 is 2.04 bits per heavy atom.